The van der Waals surface area contributed by atoms with Crippen LogP contribution in [0.2, 0.25) is 0 Å². The number of hydrogen-bond donors (Lipinski definition) is 2. The van der Waals surface area contributed by atoms with Gasteiger partial charge in [-0.05, 0) is 19.1 Å². The molecule has 1 aromatic rings. The fourth-order valence-corrected chi connectivity index (χ4v) is 3.34. The number of aliphatic carboxylic acids is 1. The molecule has 0 saturated heterocycles. The predicted molar refractivity (Wildman–Crippen MR) is 56.7 cm³/mol. The summed E-state index contributed by atoms with van der Waals surface area (Å²) in [5.74, 6) is -1.42. The Morgan fingerprint density at radius 3 is 2.39 bits per heavy atom. The van der Waals surface area contributed by atoms with Gasteiger partial charge >= 0.3 is 12.1 Å². The minimum absolute atomic E-state index is 0.0321. The third-order valence-electron chi connectivity index (χ3n) is 1.83. The minimum Gasteiger partial charge on any atom is -0.480 e. The molecule has 0 spiro atoms. The van der Waals surface area contributed by atoms with Gasteiger partial charge in [0.05, 0.1) is 0 Å². The maximum absolute atomic E-state index is 12.3. The molecule has 0 aromatic carbocycles. The van der Waals surface area contributed by atoms with Gasteiger partial charge in [-0.15, -0.1) is 11.3 Å². The van der Waals surface area contributed by atoms with E-state index in [1.54, 1.807) is 4.72 Å². The van der Waals surface area contributed by atoms with Crippen molar-refractivity contribution in [1.82, 2.24) is 4.72 Å². The van der Waals surface area contributed by atoms with Crippen molar-refractivity contribution in [2.45, 2.75) is 23.4 Å². The first-order chi connectivity index (χ1) is 8.04. The largest absolute Gasteiger partial charge is 0.480 e. The van der Waals surface area contributed by atoms with Crippen molar-refractivity contribution >= 4 is 27.3 Å². The van der Waals surface area contributed by atoms with E-state index in [0.29, 0.717) is 6.07 Å². The number of carboxylic acid groups (broad SMARTS) is 1. The molecule has 2 N–H and O–H groups in total. The number of thiophene rings is 1. The second-order valence-corrected chi connectivity index (χ2v) is 6.32. The summed E-state index contributed by atoms with van der Waals surface area (Å²) in [7, 11) is -4.26. The fraction of sp³-hybridized carbons (Fsp3) is 0.375. The number of alkyl halides is 3. The Labute approximate surface area is 104 Å². The van der Waals surface area contributed by atoms with Gasteiger partial charge in [-0.3, -0.25) is 4.79 Å². The monoisotopic (exact) mass is 303 g/mol. The first-order valence-electron chi connectivity index (χ1n) is 4.46. The molecule has 1 atom stereocenters. The van der Waals surface area contributed by atoms with Crippen molar-refractivity contribution < 1.29 is 31.5 Å². The minimum atomic E-state index is -4.63. The van der Waals surface area contributed by atoms with Gasteiger partial charge in [-0.2, -0.15) is 17.9 Å². The molecule has 0 aliphatic heterocycles. The van der Waals surface area contributed by atoms with Crippen molar-refractivity contribution in [3.63, 3.8) is 0 Å². The molecule has 0 aliphatic rings. The van der Waals surface area contributed by atoms with E-state index in [-0.39, 0.29) is 11.3 Å². The first kappa shape index (κ1) is 14.9. The van der Waals surface area contributed by atoms with Gasteiger partial charge in [0.25, 0.3) is 10.0 Å². The van der Waals surface area contributed by atoms with Crippen LogP contribution in [0.3, 0.4) is 0 Å². The van der Waals surface area contributed by atoms with Gasteiger partial charge < -0.3 is 5.11 Å². The molecule has 0 saturated carbocycles. The first-order valence-corrected chi connectivity index (χ1v) is 6.76. The Balaban J connectivity index is 3.00. The van der Waals surface area contributed by atoms with Gasteiger partial charge in [-0.25, -0.2) is 8.42 Å². The maximum Gasteiger partial charge on any atom is 0.425 e. The van der Waals surface area contributed by atoms with E-state index in [1.807, 2.05) is 0 Å². The Morgan fingerprint density at radius 1 is 1.44 bits per heavy atom. The van der Waals surface area contributed by atoms with Crippen LogP contribution >= 0.6 is 11.3 Å². The Bertz CT molecular complexity index is 549. The molecule has 1 rings (SSSR count). The Hall–Kier alpha value is -1.13. The summed E-state index contributed by atoms with van der Waals surface area (Å²) in [4.78, 5) is 9.41. The zero-order valence-electron chi connectivity index (χ0n) is 8.85. The summed E-state index contributed by atoms with van der Waals surface area (Å²) < 4.78 is 61.1. The van der Waals surface area contributed by atoms with Crippen LogP contribution in [0.5, 0.6) is 0 Å². The number of sulfonamides is 1. The standard InChI is InChI=1S/C8H8F3NO4S2/c1-4(7(13)14)12-18(15,16)6-3-2-5(17-6)8(9,10)11/h2-4,12H,1H3,(H,13,14)/t4-/m1/s1. The number of rotatable bonds is 4. The molecule has 0 bridgehead atoms. The van der Waals surface area contributed by atoms with Gasteiger partial charge in [0.15, 0.2) is 0 Å². The molecule has 0 unspecified atom stereocenters. The third-order valence-corrected chi connectivity index (χ3v) is 4.99. The van der Waals surface area contributed by atoms with E-state index in [2.05, 4.69) is 0 Å². The molecule has 0 radical (unpaired) electrons. The molecule has 5 nitrogen and oxygen atoms in total. The Morgan fingerprint density at radius 2 is 2.00 bits per heavy atom. The smallest absolute Gasteiger partial charge is 0.425 e. The summed E-state index contributed by atoms with van der Waals surface area (Å²) in [6, 6.07) is -0.0128. The molecule has 10 heteroatoms. The van der Waals surface area contributed by atoms with E-state index >= 15 is 0 Å². The predicted octanol–water partition coefficient (Wildman–Crippen LogP) is 1.52. The lowest BCUT2D eigenvalue weighted by Crippen LogP contribution is -2.37. The highest BCUT2D eigenvalue weighted by atomic mass is 32.2. The fourth-order valence-electron chi connectivity index (χ4n) is 0.958. The normalized spacial score (nSPS) is 14.4. The molecule has 0 aliphatic carbocycles. The molecule has 1 aromatic heterocycles. The highest BCUT2D eigenvalue weighted by Gasteiger charge is 2.34. The quantitative estimate of drug-likeness (QED) is 0.883. The molecular weight excluding hydrogens is 295 g/mol. The van der Waals surface area contributed by atoms with Crippen LogP contribution < -0.4 is 4.72 Å². The van der Waals surface area contributed by atoms with Crippen LogP contribution in [-0.2, 0) is 21.0 Å². The second-order valence-electron chi connectivity index (χ2n) is 3.30. The van der Waals surface area contributed by atoms with Crippen molar-refractivity contribution in [3.05, 3.63) is 17.0 Å². The average molecular weight is 303 g/mol. The Kier molecular flexibility index (Phi) is 4.03. The average Bonchev–Trinajstić information content (AvgIpc) is 2.64. The topological polar surface area (TPSA) is 83.5 Å². The number of carbonyl (C=O) groups is 1. The highest BCUT2D eigenvalue weighted by Crippen LogP contribution is 2.36. The van der Waals surface area contributed by atoms with E-state index in [0.717, 1.165) is 13.0 Å². The summed E-state index contributed by atoms with van der Waals surface area (Å²) in [6.07, 6.45) is -4.63. The number of halogens is 3. The van der Waals surface area contributed by atoms with Crippen LogP contribution in [0.15, 0.2) is 16.3 Å². The maximum atomic E-state index is 12.3. The van der Waals surface area contributed by atoms with Crippen molar-refractivity contribution in [3.8, 4) is 0 Å². The molecule has 0 fully saturated rings. The lowest BCUT2D eigenvalue weighted by Gasteiger charge is -2.08. The van der Waals surface area contributed by atoms with Crippen LogP contribution in [0.1, 0.15) is 11.8 Å². The SMILES string of the molecule is C[C@@H](NS(=O)(=O)c1ccc(C(F)(F)F)s1)C(=O)O. The summed E-state index contributed by atoms with van der Waals surface area (Å²) in [5.41, 5.74) is 0. The van der Waals surface area contributed by atoms with E-state index < -0.39 is 37.3 Å². The van der Waals surface area contributed by atoms with Crippen LogP contribution in [-0.4, -0.2) is 25.5 Å². The van der Waals surface area contributed by atoms with E-state index in [1.165, 1.54) is 0 Å². The van der Waals surface area contributed by atoms with Gasteiger partial charge in [0.1, 0.15) is 15.1 Å². The van der Waals surface area contributed by atoms with Gasteiger partial charge in [-0.1, -0.05) is 0 Å². The van der Waals surface area contributed by atoms with E-state index in [9.17, 15) is 26.4 Å². The zero-order valence-corrected chi connectivity index (χ0v) is 10.5. The van der Waals surface area contributed by atoms with Gasteiger partial charge in [0, 0.05) is 0 Å². The van der Waals surface area contributed by atoms with Crippen molar-refractivity contribution in [2.75, 3.05) is 0 Å². The van der Waals surface area contributed by atoms with Crippen molar-refractivity contribution in [2.24, 2.45) is 0 Å². The van der Waals surface area contributed by atoms with Crippen LogP contribution in [0.4, 0.5) is 13.2 Å². The van der Waals surface area contributed by atoms with Crippen LogP contribution in [0, 0.1) is 0 Å². The summed E-state index contributed by atoms with van der Waals surface area (Å²) in [5, 5.41) is 8.52. The molecular formula is C8H8F3NO4S2. The third kappa shape index (κ3) is 3.43. The lowest BCUT2D eigenvalue weighted by molar-refractivity contribution is -0.138. The van der Waals surface area contributed by atoms with Crippen molar-refractivity contribution in [1.29, 1.82) is 0 Å². The second kappa shape index (κ2) is 4.86. The number of carboxylic acids is 1. The van der Waals surface area contributed by atoms with E-state index in [4.69, 9.17) is 5.11 Å². The van der Waals surface area contributed by atoms with Crippen LogP contribution in [0.25, 0.3) is 0 Å². The zero-order chi connectivity index (χ0) is 14.1. The molecule has 0 amide bonds. The molecule has 1 heterocycles. The summed E-state index contributed by atoms with van der Waals surface area (Å²) >= 11 is 0.0321. The molecule has 102 valence electrons. The highest BCUT2D eigenvalue weighted by molar-refractivity contribution is 7.91. The molecule has 18 heavy (non-hydrogen) atoms. The lowest BCUT2D eigenvalue weighted by atomic mass is 10.4. The number of hydrogen-bond acceptors (Lipinski definition) is 4. The number of nitrogens with one attached hydrogen (secondary N) is 1. The van der Waals surface area contributed by atoms with Gasteiger partial charge in [0.2, 0.25) is 0 Å². The summed E-state index contributed by atoms with van der Waals surface area (Å²) in [6.45, 7) is 1.07.